The third kappa shape index (κ3) is 1.67. The minimum Gasteiger partial charge on any atom is -0.244 e. The van der Waals surface area contributed by atoms with Crippen molar-refractivity contribution in [3.63, 3.8) is 0 Å². The molecule has 0 saturated heterocycles. The normalized spacial score (nSPS) is 10.4. The largest absolute Gasteiger partial charge is 0.368 e. The molecule has 0 fully saturated rings. The Morgan fingerprint density at radius 2 is 2.12 bits per heavy atom. The average molecular weight is 216 g/mol. The molecule has 0 aliphatic heterocycles. The molecule has 0 saturated carbocycles. The zero-order valence-corrected chi connectivity index (χ0v) is 9.21. The first kappa shape index (κ1) is 10.4. The summed E-state index contributed by atoms with van der Waals surface area (Å²) in [6, 6.07) is 7.47. The van der Waals surface area contributed by atoms with E-state index < -0.39 is 0 Å². The van der Waals surface area contributed by atoms with E-state index in [4.69, 9.17) is 0 Å². The van der Waals surface area contributed by atoms with Crippen LogP contribution in [0.2, 0.25) is 0 Å². The van der Waals surface area contributed by atoms with Crippen LogP contribution in [0.3, 0.4) is 0 Å². The Morgan fingerprint density at radius 1 is 1.38 bits per heavy atom. The van der Waals surface area contributed by atoms with Gasteiger partial charge in [-0.2, -0.15) is 9.36 Å². The number of tetrazole rings is 1. The average Bonchev–Trinajstić information content (AvgIpc) is 2.60. The van der Waals surface area contributed by atoms with E-state index in [0.29, 0.717) is 5.69 Å². The molecule has 0 amide bonds. The molecule has 0 unspecified atom stereocenters. The van der Waals surface area contributed by atoms with E-state index in [-0.39, 0.29) is 5.69 Å². The van der Waals surface area contributed by atoms with Crippen molar-refractivity contribution in [1.29, 1.82) is 0 Å². The Morgan fingerprint density at radius 3 is 2.69 bits per heavy atom. The minimum absolute atomic E-state index is 0.265. The van der Waals surface area contributed by atoms with Crippen LogP contribution in [0.25, 0.3) is 11.3 Å². The van der Waals surface area contributed by atoms with E-state index in [1.165, 1.54) is 9.36 Å². The monoisotopic (exact) mass is 216 g/mol. The quantitative estimate of drug-likeness (QED) is 0.752. The van der Waals surface area contributed by atoms with Crippen LogP contribution in [0.15, 0.2) is 35.6 Å². The van der Waals surface area contributed by atoms with Gasteiger partial charge >= 0.3 is 5.69 Å². The van der Waals surface area contributed by atoms with Gasteiger partial charge in [0, 0.05) is 7.05 Å². The maximum Gasteiger partial charge on any atom is 0.368 e. The molecular formula is C11H12N4O. The number of rotatable bonds is 2. The van der Waals surface area contributed by atoms with Crippen LogP contribution >= 0.6 is 0 Å². The van der Waals surface area contributed by atoms with Gasteiger partial charge in [0.2, 0.25) is 0 Å². The molecule has 0 aliphatic carbocycles. The van der Waals surface area contributed by atoms with Gasteiger partial charge in [0.05, 0.1) is 5.69 Å². The second-order valence-electron chi connectivity index (χ2n) is 3.63. The molecule has 2 aromatic rings. The summed E-state index contributed by atoms with van der Waals surface area (Å²) in [6.45, 7) is 5.77. The molecule has 0 bridgehead atoms. The summed E-state index contributed by atoms with van der Waals surface area (Å²) in [6.07, 6.45) is 0. The summed E-state index contributed by atoms with van der Waals surface area (Å²) >= 11 is 0. The van der Waals surface area contributed by atoms with Gasteiger partial charge in [0.1, 0.15) is 0 Å². The number of nitrogens with zero attached hydrogens (tertiary/aromatic N) is 4. The summed E-state index contributed by atoms with van der Waals surface area (Å²) in [5.41, 5.74) is 2.35. The van der Waals surface area contributed by atoms with Crippen molar-refractivity contribution in [2.24, 2.45) is 7.05 Å². The fourth-order valence-corrected chi connectivity index (χ4v) is 1.38. The highest BCUT2D eigenvalue weighted by Gasteiger charge is 2.06. The Labute approximate surface area is 92.6 Å². The van der Waals surface area contributed by atoms with E-state index >= 15 is 0 Å². The Kier molecular flexibility index (Phi) is 2.44. The van der Waals surface area contributed by atoms with Crippen molar-refractivity contribution >= 4 is 5.57 Å². The van der Waals surface area contributed by atoms with Crippen LogP contribution < -0.4 is 5.69 Å². The van der Waals surface area contributed by atoms with E-state index in [1.807, 2.05) is 31.2 Å². The number of aromatic nitrogens is 4. The molecule has 82 valence electrons. The molecule has 1 aromatic heterocycles. The molecule has 5 nitrogen and oxygen atoms in total. The van der Waals surface area contributed by atoms with Crippen LogP contribution in [-0.2, 0) is 7.05 Å². The molecule has 1 aromatic carbocycles. The molecule has 2 rings (SSSR count). The molecule has 1 heterocycles. The van der Waals surface area contributed by atoms with E-state index in [0.717, 1.165) is 11.1 Å². The van der Waals surface area contributed by atoms with Crippen molar-refractivity contribution in [3.05, 3.63) is 46.9 Å². The predicted octanol–water partition coefficient (Wildman–Crippen LogP) is 0.999. The lowest BCUT2D eigenvalue weighted by Gasteiger charge is -2.02. The summed E-state index contributed by atoms with van der Waals surface area (Å²) in [5, 5.41) is 7.44. The molecule has 16 heavy (non-hydrogen) atoms. The van der Waals surface area contributed by atoms with Crippen LogP contribution in [0.4, 0.5) is 0 Å². The minimum atomic E-state index is -0.265. The number of benzene rings is 1. The second-order valence-corrected chi connectivity index (χ2v) is 3.63. The second kappa shape index (κ2) is 3.77. The first-order valence-corrected chi connectivity index (χ1v) is 4.85. The molecule has 0 aliphatic rings. The molecule has 0 atom stereocenters. The third-order valence-corrected chi connectivity index (χ3v) is 2.31. The number of hydrogen-bond acceptors (Lipinski definition) is 3. The van der Waals surface area contributed by atoms with Crippen molar-refractivity contribution in [1.82, 2.24) is 19.8 Å². The van der Waals surface area contributed by atoms with Gasteiger partial charge < -0.3 is 0 Å². The van der Waals surface area contributed by atoms with E-state index in [1.54, 1.807) is 7.05 Å². The summed E-state index contributed by atoms with van der Waals surface area (Å²) < 4.78 is 2.44. The van der Waals surface area contributed by atoms with E-state index in [2.05, 4.69) is 17.0 Å². The Hall–Kier alpha value is -2.17. The lowest BCUT2D eigenvalue weighted by molar-refractivity contribution is 0.693. The van der Waals surface area contributed by atoms with Crippen LogP contribution in [-0.4, -0.2) is 19.8 Å². The first-order chi connectivity index (χ1) is 7.59. The molecule has 0 spiro atoms. The number of aryl methyl sites for hydroxylation is 1. The van der Waals surface area contributed by atoms with Gasteiger partial charge in [-0.1, -0.05) is 24.3 Å². The van der Waals surface area contributed by atoms with Crippen LogP contribution in [0.1, 0.15) is 12.5 Å². The molecule has 0 N–H and O–H groups in total. The van der Waals surface area contributed by atoms with Gasteiger partial charge in [-0.25, -0.2) is 4.79 Å². The summed E-state index contributed by atoms with van der Waals surface area (Å²) in [5.74, 6) is 0. The highest BCUT2D eigenvalue weighted by atomic mass is 16.2. The van der Waals surface area contributed by atoms with Crippen LogP contribution in [0, 0.1) is 0 Å². The van der Waals surface area contributed by atoms with Gasteiger partial charge in [0.15, 0.2) is 0 Å². The maximum atomic E-state index is 11.6. The highest BCUT2D eigenvalue weighted by molar-refractivity contribution is 5.63. The first-order valence-electron chi connectivity index (χ1n) is 4.85. The predicted molar refractivity (Wildman–Crippen MR) is 61.3 cm³/mol. The molecule has 0 radical (unpaired) electrons. The lowest BCUT2D eigenvalue weighted by Crippen LogP contribution is -2.21. The fourth-order valence-electron chi connectivity index (χ4n) is 1.38. The smallest absolute Gasteiger partial charge is 0.244 e. The van der Waals surface area contributed by atoms with Crippen molar-refractivity contribution in [2.75, 3.05) is 0 Å². The van der Waals surface area contributed by atoms with Gasteiger partial charge in [-0.05, 0) is 35.0 Å². The molecule has 5 heteroatoms. The Balaban J connectivity index is 2.57. The number of allylic oxidation sites excluding steroid dienone is 1. The van der Waals surface area contributed by atoms with Gasteiger partial charge in [-0.3, -0.25) is 0 Å². The zero-order valence-electron chi connectivity index (χ0n) is 9.21. The SMILES string of the molecule is C=C(C)c1cccc(-n2nnn(C)c2=O)c1. The standard InChI is InChI=1S/C11H12N4O/c1-8(2)9-5-4-6-10(7-9)15-11(16)14(3)12-13-15/h4-7H,1H2,2-3H3. The van der Waals surface area contributed by atoms with Crippen molar-refractivity contribution in [3.8, 4) is 5.69 Å². The third-order valence-electron chi connectivity index (χ3n) is 2.31. The topological polar surface area (TPSA) is 52.7 Å². The van der Waals surface area contributed by atoms with E-state index in [9.17, 15) is 4.79 Å². The van der Waals surface area contributed by atoms with Gasteiger partial charge in [0.25, 0.3) is 0 Å². The summed E-state index contributed by atoms with van der Waals surface area (Å²) in [4.78, 5) is 11.6. The van der Waals surface area contributed by atoms with Crippen LogP contribution in [0.5, 0.6) is 0 Å². The Bertz CT molecular complexity index is 594. The number of hydrogen-bond donors (Lipinski definition) is 0. The lowest BCUT2D eigenvalue weighted by atomic mass is 10.1. The summed E-state index contributed by atoms with van der Waals surface area (Å²) in [7, 11) is 1.56. The molecular weight excluding hydrogens is 204 g/mol. The van der Waals surface area contributed by atoms with Gasteiger partial charge in [-0.15, -0.1) is 0 Å². The van der Waals surface area contributed by atoms with Crippen molar-refractivity contribution in [2.45, 2.75) is 6.92 Å². The zero-order chi connectivity index (χ0) is 11.7. The maximum absolute atomic E-state index is 11.6. The fraction of sp³-hybridized carbons (Fsp3) is 0.182. The highest BCUT2D eigenvalue weighted by Crippen LogP contribution is 2.14. The van der Waals surface area contributed by atoms with Crippen molar-refractivity contribution < 1.29 is 0 Å².